The first-order chi connectivity index (χ1) is 12.7. The molecule has 2 atom stereocenters. The number of tetrazole rings is 1. The Morgan fingerprint density at radius 3 is 2.46 bits per heavy atom. The molecule has 0 radical (unpaired) electrons. The Morgan fingerprint density at radius 1 is 1.04 bits per heavy atom. The van der Waals surface area contributed by atoms with E-state index in [1.165, 1.54) is 38.8 Å². The van der Waals surface area contributed by atoms with Crippen LogP contribution < -0.4 is 0 Å². The topological polar surface area (TPSA) is 59.3 Å². The van der Waals surface area contributed by atoms with Gasteiger partial charge in [-0.15, -0.1) is 5.10 Å². The van der Waals surface area contributed by atoms with Crippen molar-refractivity contribution in [3.05, 3.63) is 5.82 Å². The van der Waals surface area contributed by atoms with Crippen LogP contribution in [0.1, 0.15) is 64.2 Å². The summed E-state index contributed by atoms with van der Waals surface area (Å²) in [6, 6.07) is 1.12. The van der Waals surface area contributed by atoms with E-state index in [-0.39, 0.29) is 12.1 Å². The fourth-order valence-electron chi connectivity index (χ4n) is 5.07. The van der Waals surface area contributed by atoms with Crippen LogP contribution in [-0.4, -0.2) is 74.9 Å². The van der Waals surface area contributed by atoms with E-state index in [2.05, 4.69) is 39.2 Å². The molecule has 4 rings (SSSR count). The highest BCUT2D eigenvalue weighted by Crippen LogP contribution is 2.30. The Bertz CT molecular complexity index is 556. The minimum absolute atomic E-state index is 0.268. The van der Waals surface area contributed by atoms with Crippen molar-refractivity contribution < 1.29 is 4.74 Å². The molecule has 146 valence electrons. The molecule has 0 amide bonds. The van der Waals surface area contributed by atoms with E-state index in [1.807, 2.05) is 4.68 Å². The standard InChI is InChI=1S/C19H34N6O/c1-15(2)18(19-20-21-22-25(19)14-17-8-5-13-26-17)24-11-9-23(10-12-24)16-6-3-4-7-16/h15-18H,3-14H2,1-2H3/t17-,18-/m0/s1. The van der Waals surface area contributed by atoms with E-state index in [0.717, 1.165) is 50.9 Å². The largest absolute Gasteiger partial charge is 0.376 e. The number of ether oxygens (including phenoxy) is 1. The van der Waals surface area contributed by atoms with Gasteiger partial charge in [0.05, 0.1) is 18.7 Å². The number of rotatable bonds is 6. The van der Waals surface area contributed by atoms with Crippen LogP contribution in [-0.2, 0) is 11.3 Å². The predicted molar refractivity (Wildman–Crippen MR) is 99.8 cm³/mol. The van der Waals surface area contributed by atoms with Crippen LogP contribution in [0.3, 0.4) is 0 Å². The van der Waals surface area contributed by atoms with E-state index in [0.29, 0.717) is 5.92 Å². The van der Waals surface area contributed by atoms with Gasteiger partial charge in [0.25, 0.3) is 0 Å². The van der Waals surface area contributed by atoms with Crippen molar-refractivity contribution in [2.45, 2.75) is 77.1 Å². The number of nitrogens with zero attached hydrogens (tertiary/aromatic N) is 6. The summed E-state index contributed by atoms with van der Waals surface area (Å²) < 4.78 is 7.81. The van der Waals surface area contributed by atoms with Gasteiger partial charge in [-0.2, -0.15) is 0 Å². The molecular weight excluding hydrogens is 328 g/mol. The van der Waals surface area contributed by atoms with Crippen molar-refractivity contribution in [1.82, 2.24) is 30.0 Å². The molecule has 0 bridgehead atoms. The fourth-order valence-corrected chi connectivity index (χ4v) is 5.07. The minimum atomic E-state index is 0.268. The van der Waals surface area contributed by atoms with Crippen LogP contribution in [0.25, 0.3) is 0 Å². The molecule has 1 aromatic rings. The van der Waals surface area contributed by atoms with E-state index in [9.17, 15) is 0 Å². The third-order valence-electron chi connectivity index (χ3n) is 6.44. The quantitative estimate of drug-likeness (QED) is 0.772. The Labute approximate surface area is 157 Å². The first-order valence-corrected chi connectivity index (χ1v) is 10.6. The molecule has 3 heterocycles. The van der Waals surface area contributed by atoms with Crippen molar-refractivity contribution in [1.29, 1.82) is 0 Å². The Morgan fingerprint density at radius 2 is 1.81 bits per heavy atom. The van der Waals surface area contributed by atoms with Crippen molar-refractivity contribution in [2.75, 3.05) is 32.8 Å². The van der Waals surface area contributed by atoms with Crippen LogP contribution >= 0.6 is 0 Å². The first kappa shape index (κ1) is 18.3. The van der Waals surface area contributed by atoms with Gasteiger partial charge in [-0.1, -0.05) is 26.7 Å². The highest BCUT2D eigenvalue weighted by molar-refractivity contribution is 4.98. The highest BCUT2D eigenvalue weighted by Gasteiger charge is 2.34. The monoisotopic (exact) mass is 362 g/mol. The summed E-state index contributed by atoms with van der Waals surface area (Å²) in [5.41, 5.74) is 0. The Hall–Kier alpha value is -1.05. The lowest BCUT2D eigenvalue weighted by Gasteiger charge is -2.42. The molecule has 0 N–H and O–H groups in total. The molecule has 3 fully saturated rings. The fraction of sp³-hybridized carbons (Fsp3) is 0.947. The lowest BCUT2D eigenvalue weighted by molar-refractivity contribution is 0.0469. The number of aromatic nitrogens is 4. The minimum Gasteiger partial charge on any atom is -0.376 e. The van der Waals surface area contributed by atoms with Gasteiger partial charge >= 0.3 is 0 Å². The summed E-state index contributed by atoms with van der Waals surface area (Å²) in [5, 5.41) is 12.7. The smallest absolute Gasteiger partial charge is 0.168 e. The average molecular weight is 363 g/mol. The molecule has 2 aliphatic heterocycles. The van der Waals surface area contributed by atoms with Gasteiger partial charge in [0.1, 0.15) is 0 Å². The number of piperazine rings is 1. The molecule has 1 aromatic heterocycles. The molecular formula is C19H34N6O. The zero-order valence-corrected chi connectivity index (χ0v) is 16.4. The third-order valence-corrected chi connectivity index (χ3v) is 6.44. The zero-order chi connectivity index (χ0) is 17.9. The number of hydrogen-bond donors (Lipinski definition) is 0. The lowest BCUT2D eigenvalue weighted by Crippen LogP contribution is -2.51. The van der Waals surface area contributed by atoms with E-state index < -0.39 is 0 Å². The summed E-state index contributed by atoms with van der Waals surface area (Å²) in [4.78, 5) is 5.32. The second-order valence-corrected chi connectivity index (χ2v) is 8.55. The van der Waals surface area contributed by atoms with Crippen LogP contribution in [0.15, 0.2) is 0 Å². The Balaban J connectivity index is 1.42. The third kappa shape index (κ3) is 3.94. The van der Waals surface area contributed by atoms with E-state index in [1.54, 1.807) is 0 Å². The highest BCUT2D eigenvalue weighted by atomic mass is 16.5. The molecule has 0 spiro atoms. The molecule has 26 heavy (non-hydrogen) atoms. The summed E-state index contributed by atoms with van der Waals surface area (Å²) in [6.45, 7) is 10.8. The molecule has 2 saturated heterocycles. The van der Waals surface area contributed by atoms with Gasteiger partial charge in [0, 0.05) is 38.8 Å². The van der Waals surface area contributed by atoms with E-state index >= 15 is 0 Å². The summed E-state index contributed by atoms with van der Waals surface area (Å²) >= 11 is 0. The maximum Gasteiger partial charge on any atom is 0.168 e. The Kier molecular flexibility index (Phi) is 5.86. The van der Waals surface area contributed by atoms with Crippen molar-refractivity contribution >= 4 is 0 Å². The van der Waals surface area contributed by atoms with Crippen LogP contribution in [0.2, 0.25) is 0 Å². The first-order valence-electron chi connectivity index (χ1n) is 10.6. The summed E-state index contributed by atoms with van der Waals surface area (Å²) in [6.07, 6.45) is 8.16. The maximum absolute atomic E-state index is 5.80. The van der Waals surface area contributed by atoms with Crippen LogP contribution in [0.5, 0.6) is 0 Å². The normalized spacial score (nSPS) is 27.6. The SMILES string of the molecule is CC(C)[C@@H](c1nnnn1C[C@@H]1CCCO1)N1CCN(C2CCCC2)CC1. The van der Waals surface area contributed by atoms with Gasteiger partial charge < -0.3 is 4.74 Å². The van der Waals surface area contributed by atoms with Gasteiger partial charge in [-0.25, -0.2) is 4.68 Å². The summed E-state index contributed by atoms with van der Waals surface area (Å²) in [5.74, 6) is 1.51. The van der Waals surface area contributed by atoms with Crippen molar-refractivity contribution in [3.8, 4) is 0 Å². The molecule has 0 unspecified atom stereocenters. The average Bonchev–Trinajstić information content (AvgIpc) is 3.39. The van der Waals surface area contributed by atoms with Gasteiger partial charge in [-0.05, 0) is 42.0 Å². The zero-order valence-electron chi connectivity index (χ0n) is 16.4. The van der Waals surface area contributed by atoms with Gasteiger partial charge in [-0.3, -0.25) is 9.80 Å². The lowest BCUT2D eigenvalue weighted by atomic mass is 10.00. The molecule has 7 nitrogen and oxygen atoms in total. The van der Waals surface area contributed by atoms with Crippen LogP contribution in [0.4, 0.5) is 0 Å². The number of hydrogen-bond acceptors (Lipinski definition) is 6. The molecule has 3 aliphatic rings. The molecule has 1 saturated carbocycles. The maximum atomic E-state index is 5.80. The molecule has 0 aromatic carbocycles. The van der Waals surface area contributed by atoms with Gasteiger partial charge in [0.2, 0.25) is 0 Å². The molecule has 7 heteroatoms. The second kappa shape index (κ2) is 8.31. The second-order valence-electron chi connectivity index (χ2n) is 8.55. The van der Waals surface area contributed by atoms with E-state index in [4.69, 9.17) is 4.74 Å². The summed E-state index contributed by atoms with van der Waals surface area (Å²) in [7, 11) is 0. The van der Waals surface area contributed by atoms with Crippen LogP contribution in [0, 0.1) is 5.92 Å². The predicted octanol–water partition coefficient (Wildman–Crippen LogP) is 2.11. The van der Waals surface area contributed by atoms with Crippen molar-refractivity contribution in [2.24, 2.45) is 5.92 Å². The van der Waals surface area contributed by atoms with Crippen molar-refractivity contribution in [3.63, 3.8) is 0 Å². The molecule has 1 aliphatic carbocycles. The van der Waals surface area contributed by atoms with Gasteiger partial charge in [0.15, 0.2) is 5.82 Å².